The van der Waals surface area contributed by atoms with Gasteiger partial charge in [-0.1, -0.05) is 41.9 Å². The molecule has 2 heterocycles. The summed E-state index contributed by atoms with van der Waals surface area (Å²) in [5.41, 5.74) is 9.47. The van der Waals surface area contributed by atoms with Gasteiger partial charge in [0.2, 0.25) is 0 Å². The number of nitrogens with one attached hydrogen (secondary N) is 1. The van der Waals surface area contributed by atoms with Crippen LogP contribution in [0.15, 0.2) is 42.6 Å². The van der Waals surface area contributed by atoms with Gasteiger partial charge in [0.05, 0.1) is 16.4 Å². The molecule has 0 saturated heterocycles. The van der Waals surface area contributed by atoms with Crippen LogP contribution >= 0.6 is 11.6 Å². The number of aromatic nitrogens is 2. The highest BCUT2D eigenvalue weighted by Crippen LogP contribution is 2.32. The number of benzene rings is 1. The maximum absolute atomic E-state index is 6.11. The number of nitrogen functional groups attached to an aromatic ring is 1. The van der Waals surface area contributed by atoms with Gasteiger partial charge < -0.3 is 10.7 Å². The lowest BCUT2D eigenvalue weighted by Crippen LogP contribution is -1.86. The first-order valence-electron chi connectivity index (χ1n) is 5.24. The van der Waals surface area contributed by atoms with E-state index < -0.39 is 0 Å². The number of halogens is 1. The number of anilines is 1. The number of aromatic amines is 1. The zero-order valence-electron chi connectivity index (χ0n) is 8.94. The van der Waals surface area contributed by atoms with Gasteiger partial charge in [0.15, 0.2) is 0 Å². The second-order valence-electron chi connectivity index (χ2n) is 3.83. The molecule has 0 amide bonds. The highest BCUT2D eigenvalue weighted by molar-refractivity contribution is 6.31. The molecule has 2 aromatic heterocycles. The van der Waals surface area contributed by atoms with Crippen LogP contribution in [0.1, 0.15) is 0 Å². The Kier molecular flexibility index (Phi) is 2.27. The summed E-state index contributed by atoms with van der Waals surface area (Å²) in [5, 5.41) is 1.44. The Morgan fingerprint density at radius 1 is 1.18 bits per heavy atom. The van der Waals surface area contributed by atoms with E-state index in [2.05, 4.69) is 9.97 Å². The molecule has 84 valence electrons. The highest BCUT2D eigenvalue weighted by Gasteiger charge is 2.11. The van der Waals surface area contributed by atoms with E-state index in [1.165, 1.54) is 0 Å². The molecule has 0 unspecified atom stereocenters. The van der Waals surface area contributed by atoms with Gasteiger partial charge in [0, 0.05) is 17.1 Å². The summed E-state index contributed by atoms with van der Waals surface area (Å²) < 4.78 is 0. The molecule has 3 N–H and O–H groups in total. The first-order valence-corrected chi connectivity index (χ1v) is 5.61. The van der Waals surface area contributed by atoms with E-state index in [4.69, 9.17) is 17.3 Å². The second-order valence-corrected chi connectivity index (χ2v) is 4.27. The third-order valence-electron chi connectivity index (χ3n) is 2.72. The smallest absolute Gasteiger partial charge is 0.139 e. The Morgan fingerprint density at radius 3 is 2.71 bits per heavy atom. The van der Waals surface area contributed by atoms with Gasteiger partial charge in [-0.25, -0.2) is 4.98 Å². The Hall–Kier alpha value is -2.00. The average molecular weight is 244 g/mol. The molecule has 4 heteroatoms. The molecular formula is C13H10ClN3. The number of nitrogens with zero attached hydrogens (tertiary/aromatic N) is 1. The quantitative estimate of drug-likeness (QED) is 0.688. The maximum Gasteiger partial charge on any atom is 0.139 e. The summed E-state index contributed by atoms with van der Waals surface area (Å²) in [5.74, 6) is 0. The molecule has 0 aliphatic heterocycles. The Morgan fingerprint density at radius 2 is 1.94 bits per heavy atom. The van der Waals surface area contributed by atoms with E-state index >= 15 is 0 Å². The number of nitrogens with two attached hydrogens (primary N) is 1. The third-order valence-corrected chi connectivity index (χ3v) is 2.93. The van der Waals surface area contributed by atoms with E-state index in [0.29, 0.717) is 10.7 Å². The topological polar surface area (TPSA) is 54.7 Å². The van der Waals surface area contributed by atoms with Crippen molar-refractivity contribution in [2.45, 2.75) is 0 Å². The van der Waals surface area contributed by atoms with Gasteiger partial charge in [-0.2, -0.15) is 0 Å². The molecule has 3 nitrogen and oxygen atoms in total. The molecule has 3 rings (SSSR count). The monoisotopic (exact) mass is 243 g/mol. The predicted molar refractivity (Wildman–Crippen MR) is 71.0 cm³/mol. The fourth-order valence-electron chi connectivity index (χ4n) is 1.90. The van der Waals surface area contributed by atoms with Crippen molar-refractivity contribution >= 4 is 28.3 Å². The predicted octanol–water partition coefficient (Wildman–Crippen LogP) is 3.47. The van der Waals surface area contributed by atoms with Crippen molar-refractivity contribution in [2.75, 3.05) is 5.73 Å². The van der Waals surface area contributed by atoms with Gasteiger partial charge in [-0.3, -0.25) is 0 Å². The van der Waals surface area contributed by atoms with Crippen molar-refractivity contribution in [1.29, 1.82) is 0 Å². The molecule has 0 aliphatic rings. The lowest BCUT2D eigenvalue weighted by molar-refractivity contribution is 1.32. The number of rotatable bonds is 1. The van der Waals surface area contributed by atoms with Gasteiger partial charge in [-0.15, -0.1) is 0 Å². The molecule has 0 bridgehead atoms. The van der Waals surface area contributed by atoms with Crippen LogP contribution in [0.2, 0.25) is 5.02 Å². The van der Waals surface area contributed by atoms with Crippen LogP contribution < -0.4 is 5.73 Å². The summed E-state index contributed by atoms with van der Waals surface area (Å²) in [4.78, 5) is 7.43. The first-order chi connectivity index (χ1) is 8.25. The van der Waals surface area contributed by atoms with Crippen molar-refractivity contribution in [3.63, 3.8) is 0 Å². The minimum atomic E-state index is 0.586. The average Bonchev–Trinajstić information content (AvgIpc) is 2.68. The normalized spacial score (nSPS) is 10.9. The van der Waals surface area contributed by atoms with Crippen molar-refractivity contribution in [3.8, 4) is 11.3 Å². The van der Waals surface area contributed by atoms with Crippen LogP contribution in [-0.2, 0) is 0 Å². The summed E-state index contributed by atoms with van der Waals surface area (Å²) in [6.07, 6.45) is 1.61. The lowest BCUT2D eigenvalue weighted by Gasteiger charge is -1.98. The summed E-state index contributed by atoms with van der Waals surface area (Å²) in [7, 11) is 0. The molecule has 0 fully saturated rings. The Bertz CT molecular complexity index is 674. The molecule has 0 atom stereocenters. The van der Waals surface area contributed by atoms with Crippen LogP contribution in [0, 0.1) is 0 Å². The van der Waals surface area contributed by atoms with Crippen LogP contribution in [0.4, 0.5) is 5.69 Å². The zero-order valence-corrected chi connectivity index (χ0v) is 9.70. The highest BCUT2D eigenvalue weighted by atomic mass is 35.5. The zero-order chi connectivity index (χ0) is 11.8. The minimum absolute atomic E-state index is 0.586. The van der Waals surface area contributed by atoms with E-state index in [1.54, 1.807) is 6.20 Å². The van der Waals surface area contributed by atoms with Crippen LogP contribution in [0.5, 0.6) is 0 Å². The molecule has 1 aromatic carbocycles. The number of pyridine rings is 1. The maximum atomic E-state index is 6.11. The summed E-state index contributed by atoms with van der Waals surface area (Å²) >= 11 is 5.91. The standard InChI is InChI=1S/C13H10ClN3/c14-9-6-10-11(15)12(17-13(10)16-7-9)8-4-2-1-3-5-8/h1-7H,15H2,(H,16,17). The van der Waals surface area contributed by atoms with Gasteiger partial charge in [0.25, 0.3) is 0 Å². The Labute approximate surface area is 103 Å². The molecule has 0 aliphatic carbocycles. The van der Waals surface area contributed by atoms with Crippen LogP contribution in [-0.4, -0.2) is 9.97 Å². The van der Waals surface area contributed by atoms with Crippen molar-refractivity contribution in [2.24, 2.45) is 0 Å². The number of fused-ring (bicyclic) bond motifs is 1. The van der Waals surface area contributed by atoms with E-state index in [-0.39, 0.29) is 0 Å². The van der Waals surface area contributed by atoms with E-state index in [9.17, 15) is 0 Å². The molecule has 0 saturated carbocycles. The van der Waals surface area contributed by atoms with Crippen molar-refractivity contribution in [3.05, 3.63) is 47.6 Å². The molecule has 3 aromatic rings. The minimum Gasteiger partial charge on any atom is -0.396 e. The van der Waals surface area contributed by atoms with Gasteiger partial charge in [0.1, 0.15) is 5.65 Å². The van der Waals surface area contributed by atoms with Gasteiger partial charge in [-0.05, 0) is 6.07 Å². The molecule has 0 radical (unpaired) electrons. The molecule has 17 heavy (non-hydrogen) atoms. The summed E-state index contributed by atoms with van der Waals surface area (Å²) in [6.45, 7) is 0. The lowest BCUT2D eigenvalue weighted by atomic mass is 10.1. The van der Waals surface area contributed by atoms with E-state index in [0.717, 1.165) is 22.3 Å². The summed E-state index contributed by atoms with van der Waals surface area (Å²) in [6, 6.07) is 11.7. The third kappa shape index (κ3) is 1.65. The second kappa shape index (κ2) is 3.79. The largest absolute Gasteiger partial charge is 0.396 e. The number of hydrogen-bond acceptors (Lipinski definition) is 2. The van der Waals surface area contributed by atoms with Crippen molar-refractivity contribution in [1.82, 2.24) is 9.97 Å². The fourth-order valence-corrected chi connectivity index (χ4v) is 2.05. The fraction of sp³-hybridized carbons (Fsp3) is 0. The van der Waals surface area contributed by atoms with Crippen LogP contribution in [0.3, 0.4) is 0 Å². The molecule has 0 spiro atoms. The van der Waals surface area contributed by atoms with Gasteiger partial charge >= 0.3 is 0 Å². The number of H-pyrrole nitrogens is 1. The van der Waals surface area contributed by atoms with E-state index in [1.807, 2.05) is 36.4 Å². The Balaban J connectivity index is 2.28. The number of hydrogen-bond donors (Lipinski definition) is 2. The van der Waals surface area contributed by atoms with Crippen LogP contribution in [0.25, 0.3) is 22.3 Å². The molecular weight excluding hydrogens is 234 g/mol. The first kappa shape index (κ1) is 10.2. The van der Waals surface area contributed by atoms with Crippen molar-refractivity contribution < 1.29 is 0 Å². The SMILES string of the molecule is Nc1c(-c2ccccc2)[nH]c2ncc(Cl)cc12.